The molecule has 0 aliphatic carbocycles. The summed E-state index contributed by atoms with van der Waals surface area (Å²) in [7, 11) is 0. The molecule has 2 aliphatic heterocycles. The summed E-state index contributed by atoms with van der Waals surface area (Å²) in [5.41, 5.74) is 5.75. The maximum absolute atomic E-state index is 10.9. The third-order valence-electron chi connectivity index (χ3n) is 2.27. The third kappa shape index (κ3) is 0.995. The predicted molar refractivity (Wildman–Crippen MR) is 43.6 cm³/mol. The maximum Gasteiger partial charge on any atom is 0.248 e. The molecule has 4 heteroatoms. The Morgan fingerprint density at radius 1 is 1.75 bits per heavy atom. The van der Waals surface area contributed by atoms with Crippen LogP contribution >= 0.6 is 0 Å². The maximum atomic E-state index is 10.9. The minimum Gasteiger partial charge on any atom is -0.496 e. The summed E-state index contributed by atoms with van der Waals surface area (Å²) in [5, 5.41) is 0. The standard InChI is InChI=1S/C8H10N2O2/c9-8(11)6-4-12-7-1-2-10-3-5(6)7/h2,4-5,7H,1,3H2,(H2,9,11). The van der Waals surface area contributed by atoms with Crippen LogP contribution in [-0.4, -0.2) is 24.8 Å². The number of carbonyl (C=O) groups is 1. The van der Waals surface area contributed by atoms with Crippen LogP contribution in [0.25, 0.3) is 0 Å². The number of aliphatic imine (C=N–C) groups is 1. The molecular formula is C8H10N2O2. The SMILES string of the molecule is NC(=O)C1=COC2CC=NCC12. The van der Waals surface area contributed by atoms with Gasteiger partial charge in [0, 0.05) is 25.1 Å². The van der Waals surface area contributed by atoms with E-state index < -0.39 is 0 Å². The number of ether oxygens (including phenoxy) is 1. The fraction of sp³-hybridized carbons (Fsp3) is 0.500. The van der Waals surface area contributed by atoms with Crippen LogP contribution in [0.1, 0.15) is 6.42 Å². The van der Waals surface area contributed by atoms with Crippen LogP contribution in [0.2, 0.25) is 0 Å². The number of nitrogens with two attached hydrogens (primary N) is 1. The number of nitrogens with zero attached hydrogens (tertiary/aromatic N) is 1. The van der Waals surface area contributed by atoms with Gasteiger partial charge < -0.3 is 10.5 Å². The zero-order valence-electron chi connectivity index (χ0n) is 6.56. The normalized spacial score (nSPS) is 32.2. The van der Waals surface area contributed by atoms with Crippen LogP contribution in [0, 0.1) is 5.92 Å². The van der Waals surface area contributed by atoms with E-state index in [9.17, 15) is 4.79 Å². The van der Waals surface area contributed by atoms with Gasteiger partial charge in [0.15, 0.2) is 0 Å². The lowest BCUT2D eigenvalue weighted by Crippen LogP contribution is -2.30. The van der Waals surface area contributed by atoms with Gasteiger partial charge in [0.2, 0.25) is 5.91 Å². The van der Waals surface area contributed by atoms with Crippen LogP contribution in [0.5, 0.6) is 0 Å². The summed E-state index contributed by atoms with van der Waals surface area (Å²) in [4.78, 5) is 15.0. The summed E-state index contributed by atoms with van der Waals surface area (Å²) < 4.78 is 5.28. The number of carbonyl (C=O) groups excluding carboxylic acids is 1. The average molecular weight is 166 g/mol. The summed E-state index contributed by atoms with van der Waals surface area (Å²) in [6.07, 6.45) is 4.17. The Bertz CT molecular complexity index is 270. The molecule has 0 saturated carbocycles. The molecule has 1 amide bonds. The van der Waals surface area contributed by atoms with Crippen molar-refractivity contribution in [2.45, 2.75) is 12.5 Å². The molecule has 2 N–H and O–H groups in total. The number of hydrogen-bond acceptors (Lipinski definition) is 3. The number of amides is 1. The molecule has 0 aromatic carbocycles. The van der Waals surface area contributed by atoms with Gasteiger partial charge >= 0.3 is 0 Å². The van der Waals surface area contributed by atoms with Crippen LogP contribution < -0.4 is 5.73 Å². The quantitative estimate of drug-likeness (QED) is 0.588. The molecule has 0 spiro atoms. The molecule has 0 saturated heterocycles. The monoisotopic (exact) mass is 166 g/mol. The zero-order valence-corrected chi connectivity index (χ0v) is 6.56. The molecule has 2 heterocycles. The minimum absolute atomic E-state index is 0.0880. The Hall–Kier alpha value is -1.32. The average Bonchev–Trinajstić information content (AvgIpc) is 2.47. The molecule has 2 unspecified atom stereocenters. The molecule has 0 fully saturated rings. The van der Waals surface area contributed by atoms with Crippen LogP contribution in [0.4, 0.5) is 0 Å². The van der Waals surface area contributed by atoms with Gasteiger partial charge in [-0.25, -0.2) is 0 Å². The van der Waals surface area contributed by atoms with Gasteiger partial charge in [-0.2, -0.15) is 0 Å². The lowest BCUT2D eigenvalue weighted by molar-refractivity contribution is -0.115. The first-order chi connectivity index (χ1) is 5.79. The molecule has 12 heavy (non-hydrogen) atoms. The van der Waals surface area contributed by atoms with Crippen molar-refractivity contribution in [1.29, 1.82) is 0 Å². The largest absolute Gasteiger partial charge is 0.496 e. The second-order valence-corrected chi connectivity index (χ2v) is 3.00. The highest BCUT2D eigenvalue weighted by molar-refractivity contribution is 5.93. The highest BCUT2D eigenvalue weighted by Gasteiger charge is 2.35. The van der Waals surface area contributed by atoms with E-state index in [1.54, 1.807) is 0 Å². The topological polar surface area (TPSA) is 64.7 Å². The number of hydrogen-bond donors (Lipinski definition) is 1. The van der Waals surface area contributed by atoms with Crippen LogP contribution in [-0.2, 0) is 9.53 Å². The summed E-state index contributed by atoms with van der Waals surface area (Å²) in [5.74, 6) is -0.299. The first-order valence-electron chi connectivity index (χ1n) is 3.92. The van der Waals surface area contributed by atoms with E-state index in [1.165, 1.54) is 6.26 Å². The summed E-state index contributed by atoms with van der Waals surface area (Å²) in [6, 6.07) is 0. The smallest absolute Gasteiger partial charge is 0.248 e. The first kappa shape index (κ1) is 7.34. The van der Waals surface area contributed by atoms with E-state index in [-0.39, 0.29) is 17.9 Å². The van der Waals surface area contributed by atoms with Gasteiger partial charge in [-0.15, -0.1) is 0 Å². The van der Waals surface area contributed by atoms with E-state index >= 15 is 0 Å². The van der Waals surface area contributed by atoms with Crippen LogP contribution in [0.15, 0.2) is 16.8 Å². The molecule has 2 aliphatic rings. The second kappa shape index (κ2) is 2.62. The van der Waals surface area contributed by atoms with E-state index in [0.717, 1.165) is 6.42 Å². The Morgan fingerprint density at radius 2 is 2.58 bits per heavy atom. The van der Waals surface area contributed by atoms with Crippen molar-refractivity contribution in [3.63, 3.8) is 0 Å². The fourth-order valence-corrected chi connectivity index (χ4v) is 1.59. The van der Waals surface area contributed by atoms with Crippen LogP contribution in [0.3, 0.4) is 0 Å². The van der Waals surface area contributed by atoms with Crippen molar-refractivity contribution in [2.75, 3.05) is 6.54 Å². The second-order valence-electron chi connectivity index (χ2n) is 3.00. The van der Waals surface area contributed by atoms with Crippen molar-refractivity contribution in [2.24, 2.45) is 16.6 Å². The van der Waals surface area contributed by atoms with Gasteiger partial charge in [-0.1, -0.05) is 0 Å². The summed E-state index contributed by atoms with van der Waals surface area (Å²) >= 11 is 0. The Morgan fingerprint density at radius 3 is 3.33 bits per heavy atom. The summed E-state index contributed by atoms with van der Waals surface area (Å²) in [6.45, 7) is 0.624. The predicted octanol–water partition coefficient (Wildman–Crippen LogP) is -0.155. The molecular weight excluding hydrogens is 156 g/mol. The van der Waals surface area contributed by atoms with E-state index in [4.69, 9.17) is 10.5 Å². The third-order valence-corrected chi connectivity index (χ3v) is 2.27. The lowest BCUT2D eigenvalue weighted by atomic mass is 9.92. The van der Waals surface area contributed by atoms with E-state index in [1.807, 2.05) is 6.21 Å². The molecule has 0 aromatic rings. The molecule has 4 nitrogen and oxygen atoms in total. The van der Waals surface area contributed by atoms with Gasteiger partial charge in [0.25, 0.3) is 0 Å². The Kier molecular flexibility index (Phi) is 1.60. The lowest BCUT2D eigenvalue weighted by Gasteiger charge is -2.20. The minimum atomic E-state index is -0.389. The van der Waals surface area contributed by atoms with Crippen molar-refractivity contribution >= 4 is 12.1 Å². The van der Waals surface area contributed by atoms with Crippen molar-refractivity contribution < 1.29 is 9.53 Å². The highest BCUT2D eigenvalue weighted by Crippen LogP contribution is 2.29. The molecule has 2 atom stereocenters. The highest BCUT2D eigenvalue weighted by atomic mass is 16.5. The van der Waals surface area contributed by atoms with E-state index in [0.29, 0.717) is 12.1 Å². The fourth-order valence-electron chi connectivity index (χ4n) is 1.59. The van der Waals surface area contributed by atoms with Gasteiger partial charge in [-0.3, -0.25) is 9.79 Å². The molecule has 0 radical (unpaired) electrons. The molecule has 0 aromatic heterocycles. The van der Waals surface area contributed by atoms with Crippen molar-refractivity contribution in [3.05, 3.63) is 11.8 Å². The Labute approximate surface area is 70.1 Å². The first-order valence-corrected chi connectivity index (χ1v) is 3.92. The molecule has 64 valence electrons. The zero-order chi connectivity index (χ0) is 8.55. The number of primary amides is 1. The van der Waals surface area contributed by atoms with Gasteiger partial charge in [-0.05, 0) is 0 Å². The van der Waals surface area contributed by atoms with Gasteiger partial charge in [0.05, 0.1) is 11.8 Å². The van der Waals surface area contributed by atoms with Gasteiger partial charge in [0.1, 0.15) is 6.10 Å². The van der Waals surface area contributed by atoms with Crippen molar-refractivity contribution in [1.82, 2.24) is 0 Å². The number of rotatable bonds is 1. The molecule has 0 bridgehead atoms. The number of fused-ring (bicyclic) bond motifs is 1. The van der Waals surface area contributed by atoms with Crippen molar-refractivity contribution in [3.8, 4) is 0 Å². The molecule has 2 rings (SSSR count). The van der Waals surface area contributed by atoms with E-state index in [2.05, 4.69) is 4.99 Å². The Balaban J connectivity index is 2.19.